The van der Waals surface area contributed by atoms with Crippen molar-refractivity contribution in [2.75, 3.05) is 29.9 Å². The second kappa shape index (κ2) is 6.72. The molecule has 1 aliphatic rings. The minimum absolute atomic E-state index is 0.0366. The third-order valence-electron chi connectivity index (χ3n) is 3.64. The molecule has 122 valence electrons. The lowest BCUT2D eigenvalue weighted by Gasteiger charge is -2.28. The van der Waals surface area contributed by atoms with Crippen LogP contribution in [0, 0.1) is 5.82 Å². The van der Waals surface area contributed by atoms with Gasteiger partial charge in [-0.15, -0.1) is 0 Å². The fourth-order valence-corrected chi connectivity index (χ4v) is 4.37. The Bertz CT molecular complexity index is 633. The monoisotopic (exact) mass is 330 g/mol. The summed E-state index contributed by atoms with van der Waals surface area (Å²) in [5, 5.41) is 12.5. The van der Waals surface area contributed by atoms with E-state index in [0.717, 1.165) is 0 Å². The number of nitrogens with one attached hydrogen (secondary N) is 1. The van der Waals surface area contributed by atoms with Gasteiger partial charge in [-0.1, -0.05) is 6.92 Å². The van der Waals surface area contributed by atoms with Crippen molar-refractivity contribution in [1.29, 1.82) is 0 Å². The van der Waals surface area contributed by atoms with Crippen molar-refractivity contribution >= 4 is 21.4 Å². The molecule has 1 saturated heterocycles. The quantitative estimate of drug-likeness (QED) is 0.808. The van der Waals surface area contributed by atoms with Crippen LogP contribution in [0.2, 0.25) is 0 Å². The molecule has 22 heavy (non-hydrogen) atoms. The molecular formula is C14H19FN2O4S. The lowest BCUT2D eigenvalue weighted by atomic mass is 10.2. The van der Waals surface area contributed by atoms with Crippen LogP contribution in [0.4, 0.5) is 10.1 Å². The third-order valence-corrected chi connectivity index (χ3v) is 5.34. The van der Waals surface area contributed by atoms with E-state index in [1.165, 1.54) is 24.3 Å². The first-order chi connectivity index (χ1) is 10.3. The zero-order valence-electron chi connectivity index (χ0n) is 12.2. The Labute approximate surface area is 128 Å². The maximum Gasteiger partial charge on any atom is 0.238 e. The number of benzene rings is 1. The smallest absolute Gasteiger partial charge is 0.238 e. The summed E-state index contributed by atoms with van der Waals surface area (Å²) < 4.78 is 35.9. The van der Waals surface area contributed by atoms with Gasteiger partial charge in [-0.05, 0) is 30.8 Å². The molecule has 0 spiro atoms. The molecule has 1 fully saturated rings. The number of carbonyl (C=O) groups is 1. The van der Waals surface area contributed by atoms with Crippen LogP contribution in [0.25, 0.3) is 0 Å². The molecule has 1 heterocycles. The second-order valence-corrected chi connectivity index (χ2v) is 7.48. The van der Waals surface area contributed by atoms with Gasteiger partial charge in [-0.3, -0.25) is 9.69 Å². The molecule has 2 N–H and O–H groups in total. The summed E-state index contributed by atoms with van der Waals surface area (Å²) in [7, 11) is -3.26. The first-order valence-electron chi connectivity index (χ1n) is 6.98. The molecular weight excluding hydrogens is 311 g/mol. The fourth-order valence-electron chi connectivity index (χ4n) is 2.54. The molecule has 2 atom stereocenters. The van der Waals surface area contributed by atoms with Gasteiger partial charge in [0.05, 0.1) is 30.2 Å². The highest BCUT2D eigenvalue weighted by Crippen LogP contribution is 2.18. The van der Waals surface area contributed by atoms with Crippen molar-refractivity contribution in [3.05, 3.63) is 30.1 Å². The van der Waals surface area contributed by atoms with Gasteiger partial charge in [-0.25, -0.2) is 12.8 Å². The molecule has 1 aromatic carbocycles. The Kier molecular flexibility index (Phi) is 5.15. The van der Waals surface area contributed by atoms with Crippen molar-refractivity contribution in [3.63, 3.8) is 0 Å². The van der Waals surface area contributed by atoms with E-state index in [0.29, 0.717) is 12.2 Å². The normalized spacial score (nSPS) is 23.6. The van der Waals surface area contributed by atoms with E-state index < -0.39 is 27.8 Å². The summed E-state index contributed by atoms with van der Waals surface area (Å²) in [6, 6.07) is 4.78. The SMILES string of the molecule is CCN(CC(=O)Nc1ccc(F)cc1)C1CS(=O)(=O)CC1O. The Hall–Kier alpha value is -1.51. The summed E-state index contributed by atoms with van der Waals surface area (Å²) in [5.74, 6) is -1.16. The van der Waals surface area contributed by atoms with Gasteiger partial charge in [0, 0.05) is 5.69 Å². The average molecular weight is 330 g/mol. The standard InChI is InChI=1S/C14H19FN2O4S/c1-2-17(12-8-22(20,21)9-13(12)18)7-14(19)16-11-5-3-10(15)4-6-11/h3-6,12-13,18H,2,7-9H2,1H3,(H,16,19). The number of aliphatic hydroxyl groups is 1. The van der Waals surface area contributed by atoms with Crippen LogP contribution in [0.5, 0.6) is 0 Å². The number of rotatable bonds is 5. The van der Waals surface area contributed by atoms with Crippen LogP contribution in [0.3, 0.4) is 0 Å². The Morgan fingerprint density at radius 3 is 2.50 bits per heavy atom. The number of hydrogen-bond acceptors (Lipinski definition) is 5. The highest BCUT2D eigenvalue weighted by Gasteiger charge is 2.39. The van der Waals surface area contributed by atoms with E-state index in [-0.39, 0.29) is 24.0 Å². The number of halogens is 1. The van der Waals surface area contributed by atoms with E-state index in [1.54, 1.807) is 11.8 Å². The molecule has 8 heteroatoms. The predicted octanol–water partition coefficient (Wildman–Crippen LogP) is 0.244. The van der Waals surface area contributed by atoms with Crippen LogP contribution < -0.4 is 5.32 Å². The van der Waals surface area contributed by atoms with Gasteiger partial charge in [-0.2, -0.15) is 0 Å². The maximum absolute atomic E-state index is 12.8. The van der Waals surface area contributed by atoms with Gasteiger partial charge in [0.25, 0.3) is 0 Å². The summed E-state index contributed by atoms with van der Waals surface area (Å²) in [6.07, 6.45) is -0.983. The molecule has 2 unspecified atom stereocenters. The fraction of sp³-hybridized carbons (Fsp3) is 0.500. The van der Waals surface area contributed by atoms with Gasteiger partial charge < -0.3 is 10.4 Å². The number of nitrogens with zero attached hydrogens (tertiary/aromatic N) is 1. The summed E-state index contributed by atoms with van der Waals surface area (Å²) >= 11 is 0. The van der Waals surface area contributed by atoms with Crippen molar-refractivity contribution in [2.45, 2.75) is 19.1 Å². The van der Waals surface area contributed by atoms with Gasteiger partial charge in [0.2, 0.25) is 5.91 Å². The molecule has 0 radical (unpaired) electrons. The van der Waals surface area contributed by atoms with Crippen LogP contribution in [0.15, 0.2) is 24.3 Å². The maximum atomic E-state index is 12.8. The largest absolute Gasteiger partial charge is 0.390 e. The van der Waals surface area contributed by atoms with Crippen LogP contribution >= 0.6 is 0 Å². The van der Waals surface area contributed by atoms with E-state index >= 15 is 0 Å². The molecule has 1 amide bonds. The summed E-state index contributed by atoms with van der Waals surface area (Å²) in [5.41, 5.74) is 0.460. The molecule has 0 saturated carbocycles. The van der Waals surface area contributed by atoms with Crippen molar-refractivity contribution < 1.29 is 22.7 Å². The van der Waals surface area contributed by atoms with Crippen LogP contribution in [-0.4, -0.2) is 61.1 Å². The molecule has 6 nitrogen and oxygen atoms in total. The minimum atomic E-state index is -3.26. The number of carbonyl (C=O) groups excluding carboxylic acids is 1. The van der Waals surface area contributed by atoms with Crippen LogP contribution in [0.1, 0.15) is 6.92 Å². The predicted molar refractivity (Wildman–Crippen MR) is 80.7 cm³/mol. The molecule has 0 aliphatic carbocycles. The number of aliphatic hydroxyl groups excluding tert-OH is 1. The summed E-state index contributed by atoms with van der Waals surface area (Å²) in [4.78, 5) is 13.6. The first kappa shape index (κ1) is 16.9. The lowest BCUT2D eigenvalue weighted by molar-refractivity contribution is -0.118. The van der Waals surface area contributed by atoms with Gasteiger partial charge in [0.15, 0.2) is 9.84 Å². The Balaban J connectivity index is 1.98. The van der Waals surface area contributed by atoms with Gasteiger partial charge in [0.1, 0.15) is 5.82 Å². The third kappa shape index (κ3) is 4.25. The average Bonchev–Trinajstić information content (AvgIpc) is 2.72. The van der Waals surface area contributed by atoms with Crippen molar-refractivity contribution in [3.8, 4) is 0 Å². The molecule has 1 aliphatic heterocycles. The van der Waals surface area contributed by atoms with E-state index in [2.05, 4.69) is 5.32 Å². The lowest BCUT2D eigenvalue weighted by Crippen LogP contribution is -2.46. The zero-order valence-corrected chi connectivity index (χ0v) is 13.0. The number of hydrogen-bond donors (Lipinski definition) is 2. The second-order valence-electron chi connectivity index (χ2n) is 5.33. The Morgan fingerprint density at radius 2 is 2.00 bits per heavy atom. The van der Waals surface area contributed by atoms with E-state index in [1.807, 2.05) is 0 Å². The summed E-state index contributed by atoms with van der Waals surface area (Å²) in [6.45, 7) is 2.20. The number of sulfone groups is 1. The number of amides is 1. The molecule has 2 rings (SSSR count). The Morgan fingerprint density at radius 1 is 1.36 bits per heavy atom. The molecule has 0 bridgehead atoms. The molecule has 0 aromatic heterocycles. The number of likely N-dealkylation sites (N-methyl/N-ethyl adjacent to an activating group) is 1. The number of anilines is 1. The molecule has 1 aromatic rings. The van der Waals surface area contributed by atoms with E-state index in [9.17, 15) is 22.7 Å². The highest BCUT2D eigenvalue weighted by atomic mass is 32.2. The van der Waals surface area contributed by atoms with Crippen LogP contribution in [-0.2, 0) is 14.6 Å². The first-order valence-corrected chi connectivity index (χ1v) is 8.81. The minimum Gasteiger partial charge on any atom is -0.390 e. The topological polar surface area (TPSA) is 86.7 Å². The van der Waals surface area contributed by atoms with Crippen molar-refractivity contribution in [1.82, 2.24) is 4.90 Å². The van der Waals surface area contributed by atoms with Gasteiger partial charge >= 0.3 is 0 Å². The highest BCUT2D eigenvalue weighted by molar-refractivity contribution is 7.91. The van der Waals surface area contributed by atoms with Crippen molar-refractivity contribution in [2.24, 2.45) is 0 Å². The van der Waals surface area contributed by atoms with E-state index in [4.69, 9.17) is 0 Å². The zero-order chi connectivity index (χ0) is 16.3.